The van der Waals surface area contributed by atoms with Crippen LogP contribution in [0.4, 0.5) is 0 Å². The summed E-state index contributed by atoms with van der Waals surface area (Å²) in [5.41, 5.74) is 4.37. The molecule has 1 fully saturated rings. The standard InChI is InChI=1S/C26H29N3O3S/c1-19-7-6-8-21(17-19)18-27-26(30)24-12-11-20(2)28-25(24)22-13-15-29(16-14-22)33(31,32)23-9-4-3-5-10-23/h3-12,17,22H,13-16,18H2,1-2H3,(H,27,30). The van der Waals surface area contributed by atoms with E-state index in [0.29, 0.717) is 42.9 Å². The molecule has 172 valence electrons. The average molecular weight is 464 g/mol. The smallest absolute Gasteiger partial charge is 0.253 e. The molecule has 1 aliphatic heterocycles. The first kappa shape index (κ1) is 23.1. The maximum atomic E-state index is 13.0. The van der Waals surface area contributed by atoms with Crippen molar-refractivity contribution in [2.45, 2.75) is 44.0 Å². The molecule has 1 aliphatic rings. The van der Waals surface area contributed by atoms with Crippen LogP contribution in [-0.4, -0.2) is 36.7 Å². The lowest BCUT2D eigenvalue weighted by molar-refractivity contribution is 0.0948. The van der Waals surface area contributed by atoms with E-state index in [1.165, 1.54) is 4.31 Å². The molecule has 0 atom stereocenters. The number of nitrogens with one attached hydrogen (secondary N) is 1. The maximum Gasteiger partial charge on any atom is 0.253 e. The van der Waals surface area contributed by atoms with Crippen LogP contribution in [0.25, 0.3) is 0 Å². The van der Waals surface area contributed by atoms with Gasteiger partial charge in [-0.2, -0.15) is 4.31 Å². The van der Waals surface area contributed by atoms with Gasteiger partial charge in [0.05, 0.1) is 16.2 Å². The molecule has 0 aliphatic carbocycles. The van der Waals surface area contributed by atoms with E-state index >= 15 is 0 Å². The number of piperidine rings is 1. The second kappa shape index (κ2) is 9.85. The largest absolute Gasteiger partial charge is 0.348 e. The summed E-state index contributed by atoms with van der Waals surface area (Å²) in [7, 11) is -3.51. The number of sulfonamides is 1. The van der Waals surface area contributed by atoms with Crippen molar-refractivity contribution in [3.05, 3.63) is 94.8 Å². The molecule has 0 radical (unpaired) electrons. The number of nitrogens with zero attached hydrogens (tertiary/aromatic N) is 2. The fraction of sp³-hybridized carbons (Fsp3) is 0.308. The van der Waals surface area contributed by atoms with Crippen molar-refractivity contribution in [2.75, 3.05) is 13.1 Å². The third-order valence-corrected chi connectivity index (χ3v) is 7.98. The van der Waals surface area contributed by atoms with E-state index in [-0.39, 0.29) is 11.8 Å². The summed E-state index contributed by atoms with van der Waals surface area (Å²) in [6.45, 7) is 5.19. The van der Waals surface area contributed by atoms with Gasteiger partial charge in [-0.25, -0.2) is 8.42 Å². The number of hydrogen-bond acceptors (Lipinski definition) is 4. The van der Waals surface area contributed by atoms with Gasteiger partial charge in [0.2, 0.25) is 10.0 Å². The van der Waals surface area contributed by atoms with Gasteiger partial charge in [0.15, 0.2) is 0 Å². The third-order valence-electron chi connectivity index (χ3n) is 6.07. The Kier molecular flexibility index (Phi) is 6.91. The summed E-state index contributed by atoms with van der Waals surface area (Å²) in [6.07, 6.45) is 1.25. The topological polar surface area (TPSA) is 79.4 Å². The average Bonchev–Trinajstić information content (AvgIpc) is 2.83. The van der Waals surface area contributed by atoms with E-state index in [4.69, 9.17) is 4.98 Å². The highest BCUT2D eigenvalue weighted by Crippen LogP contribution is 2.32. The summed E-state index contributed by atoms with van der Waals surface area (Å²) in [5.74, 6) is -0.120. The Labute approximate surface area is 195 Å². The molecular formula is C26H29N3O3S. The minimum atomic E-state index is -3.51. The number of pyridine rings is 1. The Balaban J connectivity index is 1.47. The molecule has 4 rings (SSSR count). The summed E-state index contributed by atoms with van der Waals surface area (Å²) >= 11 is 0. The zero-order valence-corrected chi connectivity index (χ0v) is 19.8. The van der Waals surface area contributed by atoms with Crippen molar-refractivity contribution < 1.29 is 13.2 Å². The molecule has 0 saturated carbocycles. The lowest BCUT2D eigenvalue weighted by atomic mass is 9.90. The van der Waals surface area contributed by atoms with Gasteiger partial charge in [0.1, 0.15) is 0 Å². The Hall–Kier alpha value is -3.03. The van der Waals surface area contributed by atoms with Gasteiger partial charge in [0.25, 0.3) is 5.91 Å². The van der Waals surface area contributed by atoms with Gasteiger partial charge in [0, 0.05) is 31.2 Å². The molecular weight excluding hydrogens is 434 g/mol. The van der Waals surface area contributed by atoms with Crippen molar-refractivity contribution in [3.8, 4) is 0 Å². The van der Waals surface area contributed by atoms with Crippen LogP contribution in [0, 0.1) is 13.8 Å². The third kappa shape index (κ3) is 5.31. The Morgan fingerprint density at radius 1 is 1.00 bits per heavy atom. The Bertz CT molecular complexity index is 1230. The molecule has 2 aromatic carbocycles. The van der Waals surface area contributed by atoms with Crippen molar-refractivity contribution in [3.63, 3.8) is 0 Å². The fourth-order valence-corrected chi connectivity index (χ4v) is 5.78. The molecule has 1 saturated heterocycles. The maximum absolute atomic E-state index is 13.0. The molecule has 1 aromatic heterocycles. The van der Waals surface area contributed by atoms with Gasteiger partial charge >= 0.3 is 0 Å². The first-order valence-corrected chi connectivity index (χ1v) is 12.6. The van der Waals surface area contributed by atoms with Crippen LogP contribution in [0.2, 0.25) is 0 Å². The predicted molar refractivity (Wildman–Crippen MR) is 128 cm³/mol. The van der Waals surface area contributed by atoms with Gasteiger partial charge in [-0.05, 0) is 56.5 Å². The number of hydrogen-bond donors (Lipinski definition) is 1. The summed E-state index contributed by atoms with van der Waals surface area (Å²) in [5, 5.41) is 3.01. The van der Waals surface area contributed by atoms with Crippen LogP contribution >= 0.6 is 0 Å². The molecule has 2 heterocycles. The Morgan fingerprint density at radius 3 is 2.42 bits per heavy atom. The Morgan fingerprint density at radius 2 is 1.73 bits per heavy atom. The zero-order valence-electron chi connectivity index (χ0n) is 19.0. The monoisotopic (exact) mass is 463 g/mol. The second-order valence-electron chi connectivity index (χ2n) is 8.55. The molecule has 1 N–H and O–H groups in total. The molecule has 0 unspecified atom stereocenters. The van der Waals surface area contributed by atoms with Crippen molar-refractivity contribution in [2.24, 2.45) is 0 Å². The van der Waals surface area contributed by atoms with Crippen LogP contribution in [0.3, 0.4) is 0 Å². The van der Waals surface area contributed by atoms with Crippen molar-refractivity contribution >= 4 is 15.9 Å². The first-order valence-electron chi connectivity index (χ1n) is 11.2. The van der Waals surface area contributed by atoms with Gasteiger partial charge in [-0.1, -0.05) is 48.0 Å². The quantitative estimate of drug-likeness (QED) is 0.594. The minimum Gasteiger partial charge on any atom is -0.348 e. The molecule has 33 heavy (non-hydrogen) atoms. The number of rotatable bonds is 6. The summed E-state index contributed by atoms with van der Waals surface area (Å²) in [4.78, 5) is 18.0. The molecule has 1 amide bonds. The van der Waals surface area contributed by atoms with Gasteiger partial charge < -0.3 is 5.32 Å². The lowest BCUT2D eigenvalue weighted by Gasteiger charge is -2.31. The van der Waals surface area contributed by atoms with E-state index in [2.05, 4.69) is 11.4 Å². The van der Waals surface area contributed by atoms with Crippen molar-refractivity contribution in [1.29, 1.82) is 0 Å². The van der Waals surface area contributed by atoms with E-state index in [1.54, 1.807) is 30.3 Å². The number of benzene rings is 2. The van der Waals surface area contributed by atoms with E-state index in [1.807, 2.05) is 44.2 Å². The summed E-state index contributed by atoms with van der Waals surface area (Å²) in [6, 6.07) is 20.2. The number of aryl methyl sites for hydroxylation is 2. The van der Waals surface area contributed by atoms with Gasteiger partial charge in [-0.3, -0.25) is 9.78 Å². The molecule has 3 aromatic rings. The minimum absolute atomic E-state index is 0.0341. The summed E-state index contributed by atoms with van der Waals surface area (Å²) < 4.78 is 27.4. The molecule has 0 bridgehead atoms. The van der Waals surface area contributed by atoms with Crippen LogP contribution < -0.4 is 5.32 Å². The molecule has 7 heteroatoms. The van der Waals surface area contributed by atoms with E-state index in [0.717, 1.165) is 22.5 Å². The number of carbonyl (C=O) groups is 1. The zero-order chi connectivity index (χ0) is 23.4. The molecule has 6 nitrogen and oxygen atoms in total. The first-order chi connectivity index (χ1) is 15.8. The van der Waals surface area contributed by atoms with Crippen molar-refractivity contribution in [1.82, 2.24) is 14.6 Å². The van der Waals surface area contributed by atoms with Crippen LogP contribution in [0.1, 0.15) is 51.6 Å². The SMILES string of the molecule is Cc1cccc(CNC(=O)c2ccc(C)nc2C2CCN(S(=O)(=O)c3ccccc3)CC2)c1. The number of amides is 1. The predicted octanol–water partition coefficient (Wildman–Crippen LogP) is 4.20. The number of carbonyl (C=O) groups excluding carboxylic acids is 1. The van der Waals surface area contributed by atoms with E-state index in [9.17, 15) is 13.2 Å². The highest BCUT2D eigenvalue weighted by molar-refractivity contribution is 7.89. The van der Waals surface area contributed by atoms with Gasteiger partial charge in [-0.15, -0.1) is 0 Å². The van der Waals surface area contributed by atoms with Crippen LogP contribution in [0.15, 0.2) is 71.6 Å². The second-order valence-corrected chi connectivity index (χ2v) is 10.5. The highest BCUT2D eigenvalue weighted by Gasteiger charge is 2.32. The van der Waals surface area contributed by atoms with E-state index < -0.39 is 10.0 Å². The fourth-order valence-electron chi connectivity index (χ4n) is 4.29. The lowest BCUT2D eigenvalue weighted by Crippen LogP contribution is -2.38. The molecule has 0 spiro atoms. The van der Waals surface area contributed by atoms with Crippen LogP contribution in [0.5, 0.6) is 0 Å². The number of aromatic nitrogens is 1. The van der Waals surface area contributed by atoms with Crippen LogP contribution in [-0.2, 0) is 16.6 Å². The highest BCUT2D eigenvalue weighted by atomic mass is 32.2. The normalized spacial score (nSPS) is 15.3.